The molecule has 6 nitrogen and oxygen atoms in total. The molecule has 44 heavy (non-hydrogen) atoms. The van der Waals surface area contributed by atoms with Gasteiger partial charge < -0.3 is 20.8 Å². The fourth-order valence-electron chi connectivity index (χ4n) is 5.51. The molecule has 2 radical (unpaired) electrons. The molecule has 0 aromatic rings. The van der Waals surface area contributed by atoms with Crippen molar-refractivity contribution in [3.8, 4) is 0 Å². The number of aliphatic hydroxyl groups excluding tert-OH is 2. The van der Waals surface area contributed by atoms with Crippen LogP contribution in [0, 0.1) is 0 Å². The molecule has 0 spiro atoms. The lowest BCUT2D eigenvalue weighted by Crippen LogP contribution is -2.45. The maximum atomic E-state index is 12.3. The Labute approximate surface area is 275 Å². The van der Waals surface area contributed by atoms with Gasteiger partial charge in [0.1, 0.15) is 0 Å². The van der Waals surface area contributed by atoms with Crippen LogP contribution in [0.1, 0.15) is 174 Å². The van der Waals surface area contributed by atoms with Crippen molar-refractivity contribution in [2.75, 3.05) is 13.2 Å². The largest absolute Gasteiger partial charge is 0.394 e. The van der Waals surface area contributed by atoms with Gasteiger partial charge in [-0.05, 0) is 32.1 Å². The highest BCUT2D eigenvalue weighted by Crippen LogP contribution is 2.14. The second kappa shape index (κ2) is 34.7. The van der Waals surface area contributed by atoms with Crippen LogP contribution in [0.5, 0.6) is 0 Å². The van der Waals surface area contributed by atoms with Crippen LogP contribution in [0.4, 0.5) is 0 Å². The van der Waals surface area contributed by atoms with Crippen molar-refractivity contribution >= 4 is 21.3 Å². The SMILES string of the molecule is CCCCCCCCCCCCC/C=C/[C@H](O)[C@@H](CO)NC(=O)CCCCCCCCCCCCC(=O)NCCC[Si]CC. The van der Waals surface area contributed by atoms with Crippen molar-refractivity contribution in [1.82, 2.24) is 10.6 Å². The first-order valence-corrected chi connectivity index (χ1v) is 20.2. The van der Waals surface area contributed by atoms with Crippen LogP contribution in [0.3, 0.4) is 0 Å². The predicted molar refractivity (Wildman–Crippen MR) is 189 cm³/mol. The topological polar surface area (TPSA) is 98.7 Å². The molecule has 2 amide bonds. The van der Waals surface area contributed by atoms with Gasteiger partial charge in [0.15, 0.2) is 0 Å². The highest BCUT2D eigenvalue weighted by atomic mass is 28.2. The number of allylic oxidation sites excluding steroid dienone is 1. The van der Waals surface area contributed by atoms with Crippen LogP contribution in [-0.4, -0.2) is 56.8 Å². The lowest BCUT2D eigenvalue weighted by Gasteiger charge is -2.20. The number of nitrogens with one attached hydrogen (secondary N) is 2. The first-order valence-electron chi connectivity index (χ1n) is 18.8. The molecule has 0 aromatic heterocycles. The Kier molecular flexibility index (Phi) is 33.8. The van der Waals surface area contributed by atoms with Crippen molar-refractivity contribution < 1.29 is 19.8 Å². The highest BCUT2D eigenvalue weighted by molar-refractivity contribution is 6.35. The maximum absolute atomic E-state index is 12.3. The third kappa shape index (κ3) is 30.8. The Morgan fingerprint density at radius 3 is 1.64 bits per heavy atom. The van der Waals surface area contributed by atoms with Gasteiger partial charge >= 0.3 is 0 Å². The van der Waals surface area contributed by atoms with Crippen LogP contribution < -0.4 is 10.6 Å². The van der Waals surface area contributed by atoms with Gasteiger partial charge in [0.25, 0.3) is 0 Å². The normalized spacial score (nSPS) is 12.9. The molecule has 0 saturated heterocycles. The third-order valence-electron chi connectivity index (χ3n) is 8.42. The average Bonchev–Trinajstić information content (AvgIpc) is 3.02. The summed E-state index contributed by atoms with van der Waals surface area (Å²) in [4.78, 5) is 24.2. The third-order valence-corrected chi connectivity index (χ3v) is 9.63. The quantitative estimate of drug-likeness (QED) is 0.0322. The van der Waals surface area contributed by atoms with E-state index in [1.54, 1.807) is 6.08 Å². The van der Waals surface area contributed by atoms with E-state index in [0.29, 0.717) is 12.8 Å². The molecule has 0 aliphatic rings. The van der Waals surface area contributed by atoms with Gasteiger partial charge in [-0.15, -0.1) is 0 Å². The van der Waals surface area contributed by atoms with E-state index in [2.05, 4.69) is 24.5 Å². The van der Waals surface area contributed by atoms with E-state index in [0.717, 1.165) is 67.4 Å². The van der Waals surface area contributed by atoms with E-state index < -0.39 is 12.1 Å². The molecule has 258 valence electrons. The van der Waals surface area contributed by atoms with Gasteiger partial charge in [0.05, 0.1) is 18.8 Å². The zero-order valence-electron chi connectivity index (χ0n) is 29.0. The summed E-state index contributed by atoms with van der Waals surface area (Å²) in [7, 11) is 1.03. The van der Waals surface area contributed by atoms with Crippen molar-refractivity contribution in [3.63, 3.8) is 0 Å². The van der Waals surface area contributed by atoms with Gasteiger partial charge in [-0.25, -0.2) is 0 Å². The number of amides is 2. The monoisotopic (exact) mass is 637 g/mol. The zero-order chi connectivity index (χ0) is 32.4. The number of unbranched alkanes of at least 4 members (excludes halogenated alkanes) is 20. The van der Waals surface area contributed by atoms with Crippen LogP contribution in [0.2, 0.25) is 12.1 Å². The molecule has 0 fully saturated rings. The van der Waals surface area contributed by atoms with Crippen molar-refractivity contribution in [3.05, 3.63) is 12.2 Å². The Morgan fingerprint density at radius 2 is 1.14 bits per heavy atom. The first kappa shape index (κ1) is 42.8. The van der Waals surface area contributed by atoms with Crippen molar-refractivity contribution in [2.24, 2.45) is 0 Å². The molecular weight excluding hydrogens is 565 g/mol. The van der Waals surface area contributed by atoms with E-state index in [-0.39, 0.29) is 18.4 Å². The number of carbonyl (C=O) groups excluding carboxylic acids is 2. The minimum absolute atomic E-state index is 0.0904. The second-order valence-electron chi connectivity index (χ2n) is 12.7. The molecular formula is C37H72N2O4Si. The molecule has 0 saturated carbocycles. The lowest BCUT2D eigenvalue weighted by atomic mass is 10.0. The molecule has 0 heterocycles. The van der Waals surface area contributed by atoms with E-state index >= 15 is 0 Å². The van der Waals surface area contributed by atoms with Crippen LogP contribution in [-0.2, 0) is 9.59 Å². The summed E-state index contributed by atoms with van der Waals surface area (Å²) in [6.07, 6.45) is 31.8. The molecule has 0 aliphatic carbocycles. The molecule has 0 aromatic carbocycles. The maximum Gasteiger partial charge on any atom is 0.220 e. The number of aliphatic hydroxyl groups is 2. The fraction of sp³-hybridized carbons (Fsp3) is 0.892. The lowest BCUT2D eigenvalue weighted by molar-refractivity contribution is -0.123. The average molecular weight is 637 g/mol. The van der Waals surface area contributed by atoms with Gasteiger partial charge in [-0.2, -0.15) is 0 Å². The smallest absolute Gasteiger partial charge is 0.220 e. The first-order chi connectivity index (χ1) is 21.5. The van der Waals surface area contributed by atoms with E-state index in [1.807, 2.05) is 6.08 Å². The molecule has 2 atom stereocenters. The minimum Gasteiger partial charge on any atom is -0.394 e. The number of carbonyl (C=O) groups is 2. The van der Waals surface area contributed by atoms with Crippen LogP contribution >= 0.6 is 0 Å². The summed E-state index contributed by atoms with van der Waals surface area (Å²) < 4.78 is 0. The number of hydrogen-bond acceptors (Lipinski definition) is 4. The zero-order valence-corrected chi connectivity index (χ0v) is 30.0. The molecule has 0 aliphatic heterocycles. The molecule has 0 rings (SSSR count). The summed E-state index contributed by atoms with van der Waals surface area (Å²) in [5.41, 5.74) is 0. The highest BCUT2D eigenvalue weighted by Gasteiger charge is 2.17. The minimum atomic E-state index is -0.852. The summed E-state index contributed by atoms with van der Waals surface area (Å²) >= 11 is 0. The number of hydrogen-bond donors (Lipinski definition) is 4. The Bertz CT molecular complexity index is 661. The summed E-state index contributed by atoms with van der Waals surface area (Å²) in [6.45, 7) is 5.04. The second-order valence-corrected chi connectivity index (χ2v) is 14.4. The Balaban J connectivity index is 3.61. The Hall–Kier alpha value is -1.18. The van der Waals surface area contributed by atoms with Crippen molar-refractivity contribution in [1.29, 1.82) is 0 Å². The predicted octanol–water partition coefficient (Wildman–Crippen LogP) is 8.83. The van der Waals surface area contributed by atoms with E-state index in [9.17, 15) is 19.8 Å². The standard InChI is InChI=1S/C37H72N2O4Si/c1-3-5-6-7-8-9-10-11-12-15-18-21-24-28-35(41)34(33-40)39-37(43)30-26-23-20-17-14-13-16-19-22-25-29-36(42)38-31-27-32-44-4-2/h24,28,34-35,40-41H,3-23,25-27,29-33H2,1-2H3,(H,38,42)(H,39,43)/b28-24+/t34-,35+/m1/s1. The van der Waals surface area contributed by atoms with E-state index in [4.69, 9.17) is 0 Å². The van der Waals surface area contributed by atoms with Gasteiger partial charge in [-0.1, -0.05) is 154 Å². The van der Waals surface area contributed by atoms with Gasteiger partial charge in [-0.3, -0.25) is 9.59 Å². The Morgan fingerprint density at radius 1 is 0.659 bits per heavy atom. The summed E-state index contributed by atoms with van der Waals surface area (Å²) in [6, 6.07) is 1.85. The van der Waals surface area contributed by atoms with Gasteiger partial charge in [0, 0.05) is 28.9 Å². The molecule has 7 heteroatoms. The van der Waals surface area contributed by atoms with Crippen molar-refractivity contribution in [2.45, 2.75) is 199 Å². The van der Waals surface area contributed by atoms with E-state index in [1.165, 1.54) is 108 Å². The molecule has 0 bridgehead atoms. The van der Waals surface area contributed by atoms with Crippen LogP contribution in [0.15, 0.2) is 12.2 Å². The summed E-state index contributed by atoms with van der Waals surface area (Å²) in [5, 5.41) is 25.9. The van der Waals surface area contributed by atoms with Crippen LogP contribution in [0.25, 0.3) is 0 Å². The molecule has 4 N–H and O–H groups in total. The molecule has 0 unspecified atom stereocenters. The van der Waals surface area contributed by atoms with Gasteiger partial charge in [0.2, 0.25) is 11.8 Å². The summed E-state index contributed by atoms with van der Waals surface area (Å²) in [5.74, 6) is 0.121. The fourth-order valence-corrected chi connectivity index (χ4v) is 6.29. The number of rotatable bonds is 34.